The summed E-state index contributed by atoms with van der Waals surface area (Å²) in [6.45, 7) is 4.83. The molecule has 0 fully saturated rings. The minimum absolute atomic E-state index is 0.0335. The Kier molecular flexibility index (Phi) is 5.56. The predicted molar refractivity (Wildman–Crippen MR) is 91.5 cm³/mol. The van der Waals surface area contributed by atoms with E-state index in [9.17, 15) is 4.79 Å². The number of aryl methyl sites for hydroxylation is 2. The van der Waals surface area contributed by atoms with Crippen molar-refractivity contribution >= 4 is 28.6 Å². The molecule has 0 radical (unpaired) electrons. The van der Waals surface area contributed by atoms with Crippen LogP contribution in [0.1, 0.15) is 38.0 Å². The lowest BCUT2D eigenvalue weighted by atomic mass is 10.2. The van der Waals surface area contributed by atoms with Crippen LogP contribution in [-0.4, -0.2) is 31.4 Å². The molecular formula is C16H22N2OS2. The van der Waals surface area contributed by atoms with Crippen molar-refractivity contribution in [2.75, 3.05) is 20.6 Å². The van der Waals surface area contributed by atoms with Crippen molar-refractivity contribution in [1.82, 2.24) is 10.2 Å². The first kappa shape index (κ1) is 16.2. The summed E-state index contributed by atoms with van der Waals surface area (Å²) in [7, 11) is 4.09. The second-order valence-electron chi connectivity index (χ2n) is 5.25. The molecule has 0 aliphatic carbocycles. The highest BCUT2D eigenvalue weighted by atomic mass is 32.1. The fourth-order valence-electron chi connectivity index (χ4n) is 2.28. The van der Waals surface area contributed by atoms with Gasteiger partial charge in [0, 0.05) is 16.3 Å². The number of rotatable bonds is 6. The molecule has 0 spiro atoms. The van der Waals surface area contributed by atoms with E-state index in [-0.39, 0.29) is 11.9 Å². The largest absolute Gasteiger partial charge is 0.349 e. The van der Waals surface area contributed by atoms with Gasteiger partial charge in [-0.3, -0.25) is 4.79 Å². The summed E-state index contributed by atoms with van der Waals surface area (Å²) < 4.78 is 0. The molecule has 1 amide bonds. The molecule has 0 aliphatic heterocycles. The van der Waals surface area contributed by atoms with Crippen LogP contribution in [0, 0.1) is 6.92 Å². The summed E-state index contributed by atoms with van der Waals surface area (Å²) >= 11 is 3.31. The van der Waals surface area contributed by atoms with Crippen LogP contribution in [0.4, 0.5) is 0 Å². The molecule has 1 atom stereocenters. The Hall–Kier alpha value is -1.17. The van der Waals surface area contributed by atoms with Gasteiger partial charge in [-0.05, 0) is 50.5 Å². The molecule has 5 heteroatoms. The van der Waals surface area contributed by atoms with Crippen LogP contribution in [0.3, 0.4) is 0 Å². The van der Waals surface area contributed by atoms with E-state index >= 15 is 0 Å². The summed E-state index contributed by atoms with van der Waals surface area (Å²) in [5.41, 5.74) is 1.27. The van der Waals surface area contributed by atoms with Crippen LogP contribution in [0.5, 0.6) is 0 Å². The van der Waals surface area contributed by atoms with E-state index in [1.165, 1.54) is 15.3 Å². The van der Waals surface area contributed by atoms with Gasteiger partial charge in [0.05, 0.1) is 10.9 Å². The number of likely N-dealkylation sites (N-methyl/N-ethyl adjacent to an activating group) is 1. The van der Waals surface area contributed by atoms with Crippen molar-refractivity contribution in [3.63, 3.8) is 0 Å². The SMILES string of the molecule is CCc1cc(C(=O)NC[C@H](c2cccs2)N(C)C)sc1C. The summed E-state index contributed by atoms with van der Waals surface area (Å²) in [6, 6.07) is 6.41. The Morgan fingerprint density at radius 3 is 2.71 bits per heavy atom. The molecule has 0 bridgehead atoms. The lowest BCUT2D eigenvalue weighted by Gasteiger charge is -2.23. The molecule has 2 rings (SSSR count). The van der Waals surface area contributed by atoms with Gasteiger partial charge in [0.25, 0.3) is 5.91 Å². The molecule has 1 N–H and O–H groups in total. The molecule has 0 aliphatic rings. The lowest BCUT2D eigenvalue weighted by Crippen LogP contribution is -2.33. The topological polar surface area (TPSA) is 32.3 Å². The van der Waals surface area contributed by atoms with E-state index in [1.807, 2.05) is 20.2 Å². The summed E-state index contributed by atoms with van der Waals surface area (Å²) in [4.78, 5) is 17.8. The van der Waals surface area contributed by atoms with E-state index in [0.29, 0.717) is 6.54 Å². The Labute approximate surface area is 134 Å². The van der Waals surface area contributed by atoms with Gasteiger partial charge in [0.1, 0.15) is 0 Å². The average Bonchev–Trinajstić information content (AvgIpc) is 3.07. The van der Waals surface area contributed by atoms with Crippen molar-refractivity contribution in [3.8, 4) is 0 Å². The Morgan fingerprint density at radius 1 is 1.43 bits per heavy atom. The van der Waals surface area contributed by atoms with Crippen LogP contribution in [0.25, 0.3) is 0 Å². The van der Waals surface area contributed by atoms with E-state index < -0.39 is 0 Å². The van der Waals surface area contributed by atoms with Crippen LogP contribution in [0.15, 0.2) is 23.6 Å². The monoisotopic (exact) mass is 322 g/mol. The number of hydrogen-bond acceptors (Lipinski definition) is 4. The Bertz CT molecular complexity index is 587. The minimum atomic E-state index is 0.0335. The zero-order valence-corrected chi connectivity index (χ0v) is 14.6. The fourth-order valence-corrected chi connectivity index (χ4v) is 4.23. The smallest absolute Gasteiger partial charge is 0.261 e. The lowest BCUT2D eigenvalue weighted by molar-refractivity contribution is 0.0946. The van der Waals surface area contributed by atoms with Crippen molar-refractivity contribution in [2.24, 2.45) is 0 Å². The number of amides is 1. The number of thiophene rings is 2. The third kappa shape index (κ3) is 3.93. The van der Waals surface area contributed by atoms with E-state index in [4.69, 9.17) is 0 Å². The Balaban J connectivity index is 2.02. The van der Waals surface area contributed by atoms with Gasteiger partial charge in [-0.25, -0.2) is 0 Å². The molecular weight excluding hydrogens is 300 g/mol. The first-order chi connectivity index (χ1) is 10.0. The number of carbonyl (C=O) groups excluding carboxylic acids is 1. The second kappa shape index (κ2) is 7.20. The van der Waals surface area contributed by atoms with Gasteiger partial charge in [0.15, 0.2) is 0 Å². The van der Waals surface area contributed by atoms with E-state index in [1.54, 1.807) is 22.7 Å². The molecule has 0 saturated heterocycles. The van der Waals surface area contributed by atoms with Crippen molar-refractivity contribution in [2.45, 2.75) is 26.3 Å². The minimum Gasteiger partial charge on any atom is -0.349 e. The molecule has 21 heavy (non-hydrogen) atoms. The van der Waals surface area contributed by atoms with Crippen molar-refractivity contribution in [1.29, 1.82) is 0 Å². The molecule has 0 unspecified atom stereocenters. The van der Waals surface area contributed by atoms with E-state index in [2.05, 4.69) is 41.6 Å². The Morgan fingerprint density at radius 2 is 2.19 bits per heavy atom. The normalized spacial score (nSPS) is 12.6. The van der Waals surface area contributed by atoms with Crippen LogP contribution in [0.2, 0.25) is 0 Å². The standard InChI is InChI=1S/C16H22N2OS2/c1-5-12-9-15(21-11(12)2)16(19)17-10-13(18(3)4)14-7-6-8-20-14/h6-9,13H,5,10H2,1-4H3,(H,17,19)/t13-/m1/s1. The summed E-state index contributed by atoms with van der Waals surface area (Å²) in [6.07, 6.45) is 0.977. The van der Waals surface area contributed by atoms with Crippen LogP contribution < -0.4 is 5.32 Å². The van der Waals surface area contributed by atoms with Crippen molar-refractivity contribution < 1.29 is 4.79 Å². The van der Waals surface area contributed by atoms with Gasteiger partial charge >= 0.3 is 0 Å². The van der Waals surface area contributed by atoms with Gasteiger partial charge in [-0.2, -0.15) is 0 Å². The summed E-state index contributed by atoms with van der Waals surface area (Å²) in [5.74, 6) is 0.0335. The second-order valence-corrected chi connectivity index (χ2v) is 7.49. The highest BCUT2D eigenvalue weighted by Crippen LogP contribution is 2.24. The molecule has 2 aromatic rings. The molecule has 3 nitrogen and oxygen atoms in total. The molecule has 0 aromatic carbocycles. The molecule has 0 saturated carbocycles. The maximum atomic E-state index is 12.3. The fraction of sp³-hybridized carbons (Fsp3) is 0.438. The summed E-state index contributed by atoms with van der Waals surface area (Å²) in [5, 5.41) is 5.14. The van der Waals surface area contributed by atoms with Gasteiger partial charge in [-0.15, -0.1) is 22.7 Å². The van der Waals surface area contributed by atoms with Gasteiger partial charge in [0.2, 0.25) is 0 Å². The van der Waals surface area contributed by atoms with Gasteiger partial charge < -0.3 is 10.2 Å². The molecule has 114 valence electrons. The average molecular weight is 322 g/mol. The highest BCUT2D eigenvalue weighted by Gasteiger charge is 2.18. The number of nitrogens with zero attached hydrogens (tertiary/aromatic N) is 1. The zero-order chi connectivity index (χ0) is 15.4. The maximum Gasteiger partial charge on any atom is 0.261 e. The highest BCUT2D eigenvalue weighted by molar-refractivity contribution is 7.14. The first-order valence-electron chi connectivity index (χ1n) is 7.10. The predicted octanol–water partition coefficient (Wildman–Crippen LogP) is 3.71. The molecule has 2 aromatic heterocycles. The van der Waals surface area contributed by atoms with Crippen LogP contribution >= 0.6 is 22.7 Å². The van der Waals surface area contributed by atoms with Crippen LogP contribution in [-0.2, 0) is 6.42 Å². The zero-order valence-electron chi connectivity index (χ0n) is 13.0. The third-order valence-corrected chi connectivity index (χ3v) is 5.64. The number of carbonyl (C=O) groups is 1. The molecule has 2 heterocycles. The van der Waals surface area contributed by atoms with Crippen molar-refractivity contribution in [3.05, 3.63) is 43.8 Å². The first-order valence-corrected chi connectivity index (χ1v) is 8.79. The third-order valence-electron chi connectivity index (χ3n) is 3.58. The van der Waals surface area contributed by atoms with Gasteiger partial charge in [-0.1, -0.05) is 13.0 Å². The maximum absolute atomic E-state index is 12.3. The quantitative estimate of drug-likeness (QED) is 0.879. The number of nitrogens with one attached hydrogen (secondary N) is 1. The number of hydrogen-bond donors (Lipinski definition) is 1. The van der Waals surface area contributed by atoms with E-state index in [0.717, 1.165) is 11.3 Å².